The van der Waals surface area contributed by atoms with Crippen molar-refractivity contribution in [3.05, 3.63) is 34.1 Å². The zero-order valence-electron chi connectivity index (χ0n) is 7.59. The van der Waals surface area contributed by atoms with Crippen LogP contribution in [-0.2, 0) is 4.74 Å². The Bertz CT molecular complexity index is 326. The van der Waals surface area contributed by atoms with Crippen LogP contribution in [0, 0.1) is 5.82 Å². The van der Waals surface area contributed by atoms with E-state index in [4.69, 9.17) is 4.74 Å². The zero-order chi connectivity index (χ0) is 9.97. The van der Waals surface area contributed by atoms with Gasteiger partial charge in [-0.2, -0.15) is 0 Å². The molecule has 0 saturated carbocycles. The lowest BCUT2D eigenvalue weighted by Crippen LogP contribution is -2.34. The topological polar surface area (TPSA) is 21.3 Å². The van der Waals surface area contributed by atoms with E-state index in [1.807, 2.05) is 6.07 Å². The molecule has 1 aliphatic rings. The highest BCUT2D eigenvalue weighted by atomic mass is 79.9. The van der Waals surface area contributed by atoms with Gasteiger partial charge in [0.15, 0.2) is 0 Å². The lowest BCUT2D eigenvalue weighted by Gasteiger charge is -2.24. The van der Waals surface area contributed by atoms with Crippen LogP contribution >= 0.6 is 15.9 Å². The molecule has 76 valence electrons. The Balaban J connectivity index is 2.18. The molecule has 0 bridgehead atoms. The fourth-order valence-electron chi connectivity index (χ4n) is 1.51. The van der Waals surface area contributed by atoms with Gasteiger partial charge >= 0.3 is 0 Å². The van der Waals surface area contributed by atoms with Crippen molar-refractivity contribution in [1.29, 1.82) is 0 Å². The third kappa shape index (κ3) is 2.13. The molecular weight excluding hydrogens is 249 g/mol. The molecule has 0 aliphatic carbocycles. The molecule has 1 heterocycles. The van der Waals surface area contributed by atoms with Crippen molar-refractivity contribution in [2.45, 2.75) is 6.04 Å². The number of halogens is 2. The summed E-state index contributed by atoms with van der Waals surface area (Å²) >= 11 is 3.13. The third-order valence-corrected chi connectivity index (χ3v) is 2.91. The number of morpholine rings is 1. The maximum absolute atomic E-state index is 13.2. The third-order valence-electron chi connectivity index (χ3n) is 2.27. The van der Waals surface area contributed by atoms with Crippen LogP contribution in [-0.4, -0.2) is 19.8 Å². The molecule has 1 aliphatic heterocycles. The molecule has 14 heavy (non-hydrogen) atoms. The number of hydrogen-bond acceptors (Lipinski definition) is 2. The minimum Gasteiger partial charge on any atom is -0.378 e. The van der Waals surface area contributed by atoms with E-state index >= 15 is 0 Å². The fraction of sp³-hybridized carbons (Fsp3) is 0.400. The Morgan fingerprint density at radius 3 is 3.00 bits per heavy atom. The summed E-state index contributed by atoms with van der Waals surface area (Å²) in [5.74, 6) is -0.227. The van der Waals surface area contributed by atoms with Gasteiger partial charge in [0, 0.05) is 6.54 Å². The first kappa shape index (κ1) is 10.1. The van der Waals surface area contributed by atoms with Crippen molar-refractivity contribution >= 4 is 15.9 Å². The Kier molecular flexibility index (Phi) is 3.15. The quantitative estimate of drug-likeness (QED) is 0.836. The second-order valence-electron chi connectivity index (χ2n) is 3.26. The van der Waals surface area contributed by atoms with Crippen LogP contribution in [0.4, 0.5) is 4.39 Å². The highest BCUT2D eigenvalue weighted by Crippen LogP contribution is 2.21. The molecule has 0 unspecified atom stereocenters. The number of rotatable bonds is 1. The highest BCUT2D eigenvalue weighted by Gasteiger charge is 2.15. The highest BCUT2D eigenvalue weighted by molar-refractivity contribution is 9.10. The molecule has 2 nitrogen and oxygen atoms in total. The number of ether oxygens (including phenoxy) is 1. The summed E-state index contributed by atoms with van der Waals surface area (Å²) in [5, 5.41) is 3.28. The average molecular weight is 260 g/mol. The van der Waals surface area contributed by atoms with E-state index in [-0.39, 0.29) is 11.9 Å². The Morgan fingerprint density at radius 2 is 2.36 bits per heavy atom. The van der Waals surface area contributed by atoms with Crippen LogP contribution in [0.5, 0.6) is 0 Å². The predicted molar refractivity (Wildman–Crippen MR) is 55.7 cm³/mol. The van der Waals surface area contributed by atoms with Gasteiger partial charge < -0.3 is 10.1 Å². The van der Waals surface area contributed by atoms with Gasteiger partial charge in [-0.25, -0.2) is 4.39 Å². The number of benzene rings is 1. The van der Waals surface area contributed by atoms with Gasteiger partial charge in [0.1, 0.15) is 5.82 Å². The van der Waals surface area contributed by atoms with E-state index in [9.17, 15) is 4.39 Å². The standard InChI is InChI=1S/C10H11BrFNO/c11-8-2-1-7(5-9(8)12)10-6-14-4-3-13-10/h1-2,5,10,13H,3-4,6H2/t10-/m0/s1. The van der Waals surface area contributed by atoms with Crippen LogP contribution in [0.25, 0.3) is 0 Å². The van der Waals surface area contributed by atoms with Crippen molar-refractivity contribution < 1.29 is 9.13 Å². The van der Waals surface area contributed by atoms with Crippen molar-refractivity contribution in [1.82, 2.24) is 5.32 Å². The van der Waals surface area contributed by atoms with Gasteiger partial charge in [0.25, 0.3) is 0 Å². The molecule has 2 rings (SSSR count). The Morgan fingerprint density at radius 1 is 1.50 bits per heavy atom. The molecule has 0 amide bonds. The minimum absolute atomic E-state index is 0.117. The monoisotopic (exact) mass is 259 g/mol. The number of hydrogen-bond donors (Lipinski definition) is 1. The van der Waals surface area contributed by atoms with Crippen LogP contribution in [0.1, 0.15) is 11.6 Å². The summed E-state index contributed by atoms with van der Waals surface area (Å²) in [4.78, 5) is 0. The van der Waals surface area contributed by atoms with E-state index in [0.717, 1.165) is 18.7 Å². The normalized spacial score (nSPS) is 22.3. The zero-order valence-corrected chi connectivity index (χ0v) is 9.18. The van der Waals surface area contributed by atoms with Gasteiger partial charge in [-0.05, 0) is 33.6 Å². The summed E-state index contributed by atoms with van der Waals surface area (Å²) in [6, 6.07) is 5.28. The van der Waals surface area contributed by atoms with Gasteiger partial charge in [-0.15, -0.1) is 0 Å². The van der Waals surface area contributed by atoms with Crippen molar-refractivity contribution in [2.75, 3.05) is 19.8 Å². The van der Waals surface area contributed by atoms with Gasteiger partial charge in [0.05, 0.1) is 23.7 Å². The molecule has 1 fully saturated rings. The van der Waals surface area contributed by atoms with Crippen LogP contribution in [0.2, 0.25) is 0 Å². The first-order valence-electron chi connectivity index (χ1n) is 4.53. The summed E-state index contributed by atoms with van der Waals surface area (Å²) in [7, 11) is 0. The van der Waals surface area contributed by atoms with Crippen molar-refractivity contribution in [3.8, 4) is 0 Å². The smallest absolute Gasteiger partial charge is 0.137 e. The number of nitrogens with one attached hydrogen (secondary N) is 1. The molecule has 4 heteroatoms. The van der Waals surface area contributed by atoms with Crippen molar-refractivity contribution in [3.63, 3.8) is 0 Å². The van der Waals surface area contributed by atoms with Crippen LogP contribution in [0.3, 0.4) is 0 Å². The molecule has 1 N–H and O–H groups in total. The largest absolute Gasteiger partial charge is 0.378 e. The first-order valence-corrected chi connectivity index (χ1v) is 5.33. The minimum atomic E-state index is -0.227. The van der Waals surface area contributed by atoms with E-state index < -0.39 is 0 Å². The van der Waals surface area contributed by atoms with Crippen LogP contribution < -0.4 is 5.32 Å². The molecule has 0 spiro atoms. The SMILES string of the molecule is Fc1cc([C@@H]2COCCN2)ccc1Br. The van der Waals surface area contributed by atoms with Gasteiger partial charge in [-0.3, -0.25) is 0 Å². The van der Waals surface area contributed by atoms with Crippen LogP contribution in [0.15, 0.2) is 22.7 Å². The molecule has 1 atom stereocenters. The summed E-state index contributed by atoms with van der Waals surface area (Å²) < 4.78 is 19.0. The predicted octanol–water partition coefficient (Wildman–Crippen LogP) is 2.25. The second kappa shape index (κ2) is 4.38. The lowest BCUT2D eigenvalue weighted by atomic mass is 10.1. The summed E-state index contributed by atoms with van der Waals surface area (Å²) in [5.41, 5.74) is 0.936. The Hall–Kier alpha value is -0.450. The van der Waals surface area contributed by atoms with E-state index in [1.54, 1.807) is 6.07 Å². The molecule has 0 radical (unpaired) electrons. The maximum atomic E-state index is 13.2. The molecule has 1 aromatic rings. The molecular formula is C10H11BrFNO. The Labute approximate surface area is 90.6 Å². The van der Waals surface area contributed by atoms with E-state index in [2.05, 4.69) is 21.2 Å². The molecule has 1 aromatic carbocycles. The molecule has 0 aromatic heterocycles. The van der Waals surface area contributed by atoms with Gasteiger partial charge in [-0.1, -0.05) is 6.07 Å². The fourth-order valence-corrected chi connectivity index (χ4v) is 1.76. The average Bonchev–Trinajstić information content (AvgIpc) is 2.23. The van der Waals surface area contributed by atoms with E-state index in [0.29, 0.717) is 11.1 Å². The first-order chi connectivity index (χ1) is 6.77. The van der Waals surface area contributed by atoms with Gasteiger partial charge in [0.2, 0.25) is 0 Å². The van der Waals surface area contributed by atoms with Crippen molar-refractivity contribution in [2.24, 2.45) is 0 Å². The molecule has 1 saturated heterocycles. The lowest BCUT2D eigenvalue weighted by molar-refractivity contribution is 0.0768. The van der Waals surface area contributed by atoms with E-state index in [1.165, 1.54) is 6.07 Å². The maximum Gasteiger partial charge on any atom is 0.137 e. The second-order valence-corrected chi connectivity index (χ2v) is 4.11. The summed E-state index contributed by atoms with van der Waals surface area (Å²) in [6.07, 6.45) is 0. The summed E-state index contributed by atoms with van der Waals surface area (Å²) in [6.45, 7) is 2.17.